The van der Waals surface area contributed by atoms with E-state index >= 15 is 0 Å². The minimum absolute atomic E-state index is 0.197. The van der Waals surface area contributed by atoms with Crippen LogP contribution in [0.15, 0.2) is 18.2 Å². The first kappa shape index (κ1) is 16.3. The summed E-state index contributed by atoms with van der Waals surface area (Å²) in [6.45, 7) is 7.97. The maximum Gasteiger partial charge on any atom is 0.138 e. The number of nitrogens with one attached hydrogen (secondary N) is 1. The number of hydrogen-bond donors (Lipinski definition) is 1. The average molecular weight is 345 g/mol. The molecule has 1 aromatic carbocycles. The quantitative estimate of drug-likeness (QED) is 0.701. The second kappa shape index (κ2) is 5.99. The molecule has 0 saturated carbocycles. The highest BCUT2D eigenvalue weighted by Gasteiger charge is 2.21. The number of benzene rings is 1. The molecule has 0 spiro atoms. The fraction of sp³-hybridized carbons (Fsp3) is 0.333. The highest BCUT2D eigenvalue weighted by Crippen LogP contribution is 2.31. The van der Waals surface area contributed by atoms with Crippen molar-refractivity contribution in [2.24, 2.45) is 0 Å². The summed E-state index contributed by atoms with van der Waals surface area (Å²) in [5, 5.41) is 4.73. The van der Waals surface area contributed by atoms with Crippen LogP contribution in [0.1, 0.15) is 32.2 Å². The molecule has 2 rings (SSSR count). The van der Waals surface area contributed by atoms with Crippen LogP contribution in [-0.4, -0.2) is 9.97 Å². The molecule has 0 aliphatic carbocycles. The highest BCUT2D eigenvalue weighted by atomic mass is 35.5. The molecular weight excluding hydrogens is 329 g/mol. The highest BCUT2D eigenvalue weighted by molar-refractivity contribution is 6.36. The Kier molecular flexibility index (Phi) is 4.66. The van der Waals surface area contributed by atoms with Crippen molar-refractivity contribution in [2.45, 2.75) is 33.1 Å². The Labute approximate surface area is 139 Å². The summed E-state index contributed by atoms with van der Waals surface area (Å²) >= 11 is 18.3. The fourth-order valence-corrected chi connectivity index (χ4v) is 2.29. The number of aromatic nitrogens is 2. The number of halogens is 3. The van der Waals surface area contributed by atoms with Crippen molar-refractivity contribution in [1.82, 2.24) is 9.97 Å². The van der Waals surface area contributed by atoms with Gasteiger partial charge >= 0.3 is 0 Å². The van der Waals surface area contributed by atoms with Crippen molar-refractivity contribution in [2.75, 3.05) is 5.32 Å². The van der Waals surface area contributed by atoms with Crippen LogP contribution in [0, 0.1) is 6.92 Å². The number of anilines is 2. The monoisotopic (exact) mass is 343 g/mol. The van der Waals surface area contributed by atoms with Gasteiger partial charge in [-0.1, -0.05) is 55.6 Å². The Morgan fingerprint density at radius 2 is 1.71 bits per heavy atom. The van der Waals surface area contributed by atoms with Crippen LogP contribution in [0.5, 0.6) is 0 Å². The van der Waals surface area contributed by atoms with Gasteiger partial charge in [0, 0.05) is 16.0 Å². The summed E-state index contributed by atoms with van der Waals surface area (Å²) < 4.78 is 0. The number of hydrogen-bond acceptors (Lipinski definition) is 3. The van der Waals surface area contributed by atoms with Crippen molar-refractivity contribution in [3.8, 4) is 0 Å². The van der Waals surface area contributed by atoms with E-state index in [4.69, 9.17) is 34.8 Å². The lowest BCUT2D eigenvalue weighted by atomic mass is 9.95. The first-order valence-electron chi connectivity index (χ1n) is 6.45. The van der Waals surface area contributed by atoms with Crippen molar-refractivity contribution in [3.05, 3.63) is 44.8 Å². The summed E-state index contributed by atoms with van der Waals surface area (Å²) in [4.78, 5) is 8.91. The van der Waals surface area contributed by atoms with E-state index < -0.39 is 0 Å². The van der Waals surface area contributed by atoms with Crippen LogP contribution >= 0.6 is 34.8 Å². The van der Waals surface area contributed by atoms with E-state index in [-0.39, 0.29) is 5.41 Å². The van der Waals surface area contributed by atoms with Crippen LogP contribution in [0.25, 0.3) is 0 Å². The molecule has 1 aromatic heterocycles. The molecule has 1 heterocycles. The molecule has 112 valence electrons. The average Bonchev–Trinajstić information content (AvgIpc) is 2.36. The zero-order chi connectivity index (χ0) is 15.8. The van der Waals surface area contributed by atoms with Crippen molar-refractivity contribution < 1.29 is 0 Å². The zero-order valence-corrected chi connectivity index (χ0v) is 14.5. The van der Waals surface area contributed by atoms with E-state index in [1.54, 1.807) is 18.2 Å². The SMILES string of the molecule is Cc1c(Cl)nc(C(C)(C)C)nc1Nc1ccc(Cl)cc1Cl. The molecule has 0 bridgehead atoms. The molecular formula is C15H16Cl3N3. The van der Waals surface area contributed by atoms with Crippen LogP contribution in [0.3, 0.4) is 0 Å². The predicted molar refractivity (Wildman–Crippen MR) is 90.2 cm³/mol. The van der Waals surface area contributed by atoms with Crippen molar-refractivity contribution >= 4 is 46.3 Å². The van der Waals surface area contributed by atoms with Gasteiger partial charge < -0.3 is 5.32 Å². The van der Waals surface area contributed by atoms with Gasteiger partial charge in [-0.15, -0.1) is 0 Å². The zero-order valence-electron chi connectivity index (χ0n) is 12.3. The second-order valence-electron chi connectivity index (χ2n) is 5.81. The summed E-state index contributed by atoms with van der Waals surface area (Å²) in [6, 6.07) is 5.24. The third-order valence-electron chi connectivity index (χ3n) is 2.94. The van der Waals surface area contributed by atoms with Crippen molar-refractivity contribution in [1.29, 1.82) is 0 Å². The molecule has 3 nitrogen and oxygen atoms in total. The Morgan fingerprint density at radius 3 is 2.29 bits per heavy atom. The normalized spacial score (nSPS) is 11.6. The minimum Gasteiger partial charge on any atom is -0.339 e. The van der Waals surface area contributed by atoms with E-state index in [1.165, 1.54) is 0 Å². The third-order valence-corrected chi connectivity index (χ3v) is 3.86. The topological polar surface area (TPSA) is 37.8 Å². The second-order valence-corrected chi connectivity index (χ2v) is 7.01. The molecule has 21 heavy (non-hydrogen) atoms. The summed E-state index contributed by atoms with van der Waals surface area (Å²) in [5.41, 5.74) is 1.30. The smallest absolute Gasteiger partial charge is 0.138 e. The van der Waals surface area contributed by atoms with Crippen LogP contribution in [-0.2, 0) is 5.41 Å². The minimum atomic E-state index is -0.197. The summed E-state index contributed by atoms with van der Waals surface area (Å²) in [5.74, 6) is 1.31. The standard InChI is InChI=1S/C15H16Cl3N3/c1-8-12(18)20-14(15(2,3)4)21-13(8)19-11-6-5-9(16)7-10(11)17/h5-7H,1-4H3,(H,19,20,21). The van der Waals surface area contributed by atoms with E-state index in [9.17, 15) is 0 Å². The number of rotatable bonds is 2. The predicted octanol–water partition coefficient (Wildman–Crippen LogP) is 5.79. The van der Waals surface area contributed by atoms with Gasteiger partial charge in [-0.05, 0) is 25.1 Å². The lowest BCUT2D eigenvalue weighted by molar-refractivity contribution is 0.545. The van der Waals surface area contributed by atoms with Crippen LogP contribution < -0.4 is 5.32 Å². The molecule has 6 heteroatoms. The molecule has 2 aromatic rings. The fourth-order valence-electron chi connectivity index (χ4n) is 1.66. The number of nitrogens with zero attached hydrogens (tertiary/aromatic N) is 2. The lowest BCUT2D eigenvalue weighted by Gasteiger charge is -2.19. The molecule has 0 radical (unpaired) electrons. The largest absolute Gasteiger partial charge is 0.339 e. The molecule has 0 unspecified atom stereocenters. The van der Waals surface area contributed by atoms with Gasteiger partial charge in [0.25, 0.3) is 0 Å². The van der Waals surface area contributed by atoms with Gasteiger partial charge in [0.15, 0.2) is 0 Å². The third kappa shape index (κ3) is 3.79. The summed E-state index contributed by atoms with van der Waals surface area (Å²) in [7, 11) is 0. The Bertz CT molecular complexity index is 679. The Hall–Kier alpha value is -1.03. The molecule has 0 atom stereocenters. The van der Waals surface area contributed by atoms with E-state index in [0.717, 1.165) is 11.3 Å². The van der Waals surface area contributed by atoms with Crippen LogP contribution in [0.2, 0.25) is 15.2 Å². The molecule has 0 amide bonds. The summed E-state index contributed by atoms with van der Waals surface area (Å²) in [6.07, 6.45) is 0. The maximum absolute atomic E-state index is 6.21. The lowest BCUT2D eigenvalue weighted by Crippen LogP contribution is -2.17. The molecule has 0 aliphatic heterocycles. The van der Waals surface area contributed by atoms with Crippen LogP contribution in [0.4, 0.5) is 11.5 Å². The first-order valence-corrected chi connectivity index (χ1v) is 7.58. The van der Waals surface area contributed by atoms with E-state index in [2.05, 4.69) is 15.3 Å². The molecule has 1 N–H and O–H groups in total. The molecule has 0 fully saturated rings. The van der Waals surface area contributed by atoms with Gasteiger partial charge in [0.05, 0.1) is 10.7 Å². The van der Waals surface area contributed by atoms with E-state index in [0.29, 0.717) is 26.8 Å². The van der Waals surface area contributed by atoms with Crippen molar-refractivity contribution in [3.63, 3.8) is 0 Å². The van der Waals surface area contributed by atoms with Gasteiger partial charge in [-0.25, -0.2) is 9.97 Å². The molecule has 0 saturated heterocycles. The molecule has 0 aliphatic rings. The Balaban J connectivity index is 2.46. The van der Waals surface area contributed by atoms with Gasteiger partial charge in [0.1, 0.15) is 16.8 Å². The Morgan fingerprint density at radius 1 is 1.05 bits per heavy atom. The van der Waals surface area contributed by atoms with Gasteiger partial charge in [0.2, 0.25) is 0 Å². The van der Waals surface area contributed by atoms with Gasteiger partial charge in [-0.2, -0.15) is 0 Å². The first-order chi connectivity index (χ1) is 9.68. The maximum atomic E-state index is 6.21. The van der Waals surface area contributed by atoms with E-state index in [1.807, 2.05) is 27.7 Å². The van der Waals surface area contributed by atoms with Gasteiger partial charge in [-0.3, -0.25) is 0 Å².